The third-order valence-electron chi connectivity index (χ3n) is 4.68. The molecule has 0 amide bonds. The molecule has 1 heterocycles. The molecule has 2 atom stereocenters. The van der Waals surface area contributed by atoms with Crippen molar-refractivity contribution in [3.63, 3.8) is 0 Å². The van der Waals surface area contributed by atoms with Crippen LogP contribution in [-0.4, -0.2) is 51.0 Å². The van der Waals surface area contributed by atoms with E-state index in [0.29, 0.717) is 24.5 Å². The summed E-state index contributed by atoms with van der Waals surface area (Å²) in [5.41, 5.74) is 0.803. The molecule has 0 aromatic heterocycles. The zero-order chi connectivity index (χ0) is 19.3. The summed E-state index contributed by atoms with van der Waals surface area (Å²) in [6.45, 7) is 11.9. The van der Waals surface area contributed by atoms with Crippen LogP contribution in [-0.2, 0) is 16.6 Å². The molecule has 1 fully saturated rings. The SMILES string of the molecule is CCNC(=NCc1cccc(S(N)(=O)=O)c1)NC1CN(C(C)C)CC1C. The van der Waals surface area contributed by atoms with E-state index in [2.05, 4.69) is 41.3 Å². The average Bonchev–Trinajstić information content (AvgIpc) is 2.93. The number of nitrogens with zero attached hydrogens (tertiary/aromatic N) is 2. The predicted octanol–water partition coefficient (Wildman–Crippen LogP) is 1.12. The maximum absolute atomic E-state index is 11.5. The summed E-state index contributed by atoms with van der Waals surface area (Å²) in [7, 11) is -3.70. The van der Waals surface area contributed by atoms with Gasteiger partial charge in [-0.3, -0.25) is 4.90 Å². The van der Waals surface area contributed by atoms with E-state index in [0.717, 1.165) is 31.2 Å². The largest absolute Gasteiger partial charge is 0.357 e. The smallest absolute Gasteiger partial charge is 0.238 e. The van der Waals surface area contributed by atoms with Crippen molar-refractivity contribution >= 4 is 16.0 Å². The van der Waals surface area contributed by atoms with Crippen LogP contribution in [0.5, 0.6) is 0 Å². The van der Waals surface area contributed by atoms with Crippen LogP contribution in [0.4, 0.5) is 0 Å². The number of sulfonamides is 1. The van der Waals surface area contributed by atoms with Gasteiger partial charge >= 0.3 is 0 Å². The van der Waals surface area contributed by atoms with Crippen LogP contribution in [0.3, 0.4) is 0 Å². The van der Waals surface area contributed by atoms with Gasteiger partial charge in [0.2, 0.25) is 10.0 Å². The second-order valence-electron chi connectivity index (χ2n) is 7.16. The molecule has 2 unspecified atom stereocenters. The lowest BCUT2D eigenvalue weighted by Crippen LogP contribution is -2.46. The lowest BCUT2D eigenvalue weighted by molar-refractivity contribution is 0.265. The van der Waals surface area contributed by atoms with Crippen molar-refractivity contribution in [1.82, 2.24) is 15.5 Å². The van der Waals surface area contributed by atoms with Gasteiger partial charge in [-0.15, -0.1) is 0 Å². The molecule has 0 spiro atoms. The molecule has 0 aliphatic carbocycles. The molecule has 4 N–H and O–H groups in total. The minimum Gasteiger partial charge on any atom is -0.357 e. The highest BCUT2D eigenvalue weighted by Gasteiger charge is 2.31. The second kappa shape index (κ2) is 8.83. The molecular weight excluding hydrogens is 350 g/mol. The average molecular weight is 382 g/mol. The first kappa shape index (κ1) is 20.7. The first-order valence-electron chi connectivity index (χ1n) is 9.11. The Bertz CT molecular complexity index is 733. The van der Waals surface area contributed by atoms with Gasteiger partial charge < -0.3 is 10.6 Å². The first-order valence-corrected chi connectivity index (χ1v) is 10.7. The van der Waals surface area contributed by atoms with Crippen LogP contribution in [0, 0.1) is 5.92 Å². The number of guanidine groups is 1. The molecule has 2 rings (SSSR count). The number of rotatable bonds is 6. The van der Waals surface area contributed by atoms with E-state index in [9.17, 15) is 8.42 Å². The predicted molar refractivity (Wildman–Crippen MR) is 105 cm³/mol. The molecule has 8 heteroatoms. The van der Waals surface area contributed by atoms with Crippen molar-refractivity contribution in [2.45, 2.75) is 51.2 Å². The van der Waals surface area contributed by atoms with Crippen molar-refractivity contribution in [3.8, 4) is 0 Å². The fourth-order valence-corrected chi connectivity index (χ4v) is 3.68. The summed E-state index contributed by atoms with van der Waals surface area (Å²) in [5, 5.41) is 12.0. The van der Waals surface area contributed by atoms with Crippen molar-refractivity contribution < 1.29 is 8.42 Å². The summed E-state index contributed by atoms with van der Waals surface area (Å²) in [5.74, 6) is 1.28. The van der Waals surface area contributed by atoms with E-state index in [4.69, 9.17) is 5.14 Å². The van der Waals surface area contributed by atoms with Gasteiger partial charge in [0.15, 0.2) is 5.96 Å². The Morgan fingerprint density at radius 2 is 2.12 bits per heavy atom. The molecule has 1 saturated heterocycles. The summed E-state index contributed by atoms with van der Waals surface area (Å²) in [6, 6.07) is 7.47. The number of primary sulfonamides is 1. The fourth-order valence-electron chi connectivity index (χ4n) is 3.10. The van der Waals surface area contributed by atoms with Crippen molar-refractivity contribution in [2.24, 2.45) is 16.0 Å². The lowest BCUT2D eigenvalue weighted by Gasteiger charge is -2.22. The topological polar surface area (TPSA) is 99.8 Å². The zero-order valence-electron chi connectivity index (χ0n) is 16.1. The Morgan fingerprint density at radius 1 is 1.38 bits per heavy atom. The number of aliphatic imine (C=N–C) groups is 1. The van der Waals surface area contributed by atoms with Crippen molar-refractivity contribution in [2.75, 3.05) is 19.6 Å². The molecular formula is C18H31N5O2S. The monoisotopic (exact) mass is 381 g/mol. The minimum absolute atomic E-state index is 0.111. The first-order chi connectivity index (χ1) is 12.2. The molecule has 26 heavy (non-hydrogen) atoms. The minimum atomic E-state index is -3.70. The summed E-state index contributed by atoms with van der Waals surface area (Å²) in [6.07, 6.45) is 0. The molecule has 1 aromatic carbocycles. The van der Waals surface area contributed by atoms with Crippen molar-refractivity contribution in [1.29, 1.82) is 0 Å². The lowest BCUT2D eigenvalue weighted by atomic mass is 10.1. The van der Waals surface area contributed by atoms with E-state index in [1.807, 2.05) is 13.0 Å². The second-order valence-corrected chi connectivity index (χ2v) is 8.72. The third kappa shape index (κ3) is 5.69. The van der Waals surface area contributed by atoms with Gasteiger partial charge in [-0.2, -0.15) is 0 Å². The fraction of sp³-hybridized carbons (Fsp3) is 0.611. The highest BCUT2D eigenvalue weighted by molar-refractivity contribution is 7.89. The van der Waals surface area contributed by atoms with Crippen molar-refractivity contribution in [3.05, 3.63) is 29.8 Å². The Morgan fingerprint density at radius 3 is 2.69 bits per heavy atom. The summed E-state index contributed by atoms with van der Waals surface area (Å²) in [4.78, 5) is 7.19. The number of nitrogens with one attached hydrogen (secondary N) is 2. The quantitative estimate of drug-likeness (QED) is 0.506. The van der Waals surface area contributed by atoms with E-state index in [1.54, 1.807) is 12.1 Å². The van der Waals surface area contributed by atoms with Crippen LogP contribution in [0.25, 0.3) is 0 Å². The van der Waals surface area contributed by atoms with Gasteiger partial charge in [-0.1, -0.05) is 19.1 Å². The molecule has 1 aliphatic rings. The maximum Gasteiger partial charge on any atom is 0.238 e. The number of nitrogens with two attached hydrogens (primary N) is 1. The molecule has 0 radical (unpaired) electrons. The van der Waals surface area contributed by atoms with Gasteiger partial charge in [0.25, 0.3) is 0 Å². The number of likely N-dealkylation sites (tertiary alicyclic amines) is 1. The highest BCUT2D eigenvalue weighted by Crippen LogP contribution is 2.18. The van der Waals surface area contributed by atoms with E-state index in [1.165, 1.54) is 6.07 Å². The molecule has 1 aliphatic heterocycles. The van der Waals surface area contributed by atoms with Gasteiger partial charge in [-0.05, 0) is 44.4 Å². The molecule has 7 nitrogen and oxygen atoms in total. The van der Waals surface area contributed by atoms with Crippen LogP contribution < -0.4 is 15.8 Å². The standard InChI is InChI=1S/C18H31N5O2S/c1-5-20-18(22-17-12-23(13(2)3)11-14(17)4)21-10-15-7-6-8-16(9-15)26(19,24)25/h6-9,13-14,17H,5,10-12H2,1-4H3,(H2,19,24,25)(H2,20,21,22). The third-order valence-corrected chi connectivity index (χ3v) is 5.59. The van der Waals surface area contributed by atoms with Gasteiger partial charge in [0, 0.05) is 31.7 Å². The Labute approximate surface area is 157 Å². The Balaban J connectivity index is 2.07. The number of benzene rings is 1. The van der Waals surface area contributed by atoms with E-state index in [-0.39, 0.29) is 4.90 Å². The highest BCUT2D eigenvalue weighted by atomic mass is 32.2. The van der Waals surface area contributed by atoms with Crippen LogP contribution in [0.2, 0.25) is 0 Å². The molecule has 146 valence electrons. The zero-order valence-corrected chi connectivity index (χ0v) is 16.9. The maximum atomic E-state index is 11.5. The van der Waals surface area contributed by atoms with E-state index < -0.39 is 10.0 Å². The Hall–Kier alpha value is -1.64. The van der Waals surface area contributed by atoms with Gasteiger partial charge in [0.05, 0.1) is 11.4 Å². The van der Waals surface area contributed by atoms with Crippen LogP contribution in [0.1, 0.15) is 33.3 Å². The summed E-state index contributed by atoms with van der Waals surface area (Å²) < 4.78 is 23.0. The van der Waals surface area contributed by atoms with Crippen LogP contribution in [0.15, 0.2) is 34.2 Å². The van der Waals surface area contributed by atoms with Crippen LogP contribution >= 0.6 is 0 Å². The number of hydrogen-bond acceptors (Lipinski definition) is 4. The normalized spacial score (nSPS) is 22.0. The van der Waals surface area contributed by atoms with Gasteiger partial charge in [-0.25, -0.2) is 18.5 Å². The van der Waals surface area contributed by atoms with Gasteiger partial charge in [0.1, 0.15) is 0 Å². The van der Waals surface area contributed by atoms with E-state index >= 15 is 0 Å². The molecule has 0 saturated carbocycles. The molecule has 0 bridgehead atoms. The summed E-state index contributed by atoms with van der Waals surface area (Å²) >= 11 is 0. The molecule has 1 aromatic rings. The number of hydrogen-bond donors (Lipinski definition) is 3. The Kier molecular flexibility index (Phi) is 7.02.